The first-order valence-electron chi connectivity index (χ1n) is 9.17. The molecule has 0 saturated heterocycles. The van der Waals surface area contributed by atoms with Gasteiger partial charge in [-0.1, -0.05) is 33.6 Å². The van der Waals surface area contributed by atoms with Crippen molar-refractivity contribution in [2.24, 2.45) is 0 Å². The molecule has 0 aliphatic heterocycles. The lowest BCUT2D eigenvalue weighted by Gasteiger charge is -2.14. The predicted molar refractivity (Wildman–Crippen MR) is 114 cm³/mol. The maximum absolute atomic E-state index is 15.5. The third-order valence-corrected chi connectivity index (χ3v) is 5.46. The second-order valence-corrected chi connectivity index (χ2v) is 8.26. The minimum Gasteiger partial charge on any atom is -0.394 e. The summed E-state index contributed by atoms with van der Waals surface area (Å²) in [6, 6.07) is 7.06. The first-order chi connectivity index (χ1) is 13.8. The van der Waals surface area contributed by atoms with Crippen LogP contribution in [0.4, 0.5) is 4.39 Å². The molecule has 5 nitrogen and oxygen atoms in total. The van der Waals surface area contributed by atoms with Crippen molar-refractivity contribution >= 4 is 44.3 Å². The van der Waals surface area contributed by atoms with E-state index in [2.05, 4.69) is 20.9 Å². The van der Waals surface area contributed by atoms with Crippen LogP contribution in [0, 0.1) is 5.82 Å². The van der Waals surface area contributed by atoms with E-state index in [1.807, 2.05) is 24.5 Å². The number of aromatic nitrogens is 2. The number of carbonyl (C=O) groups excluding carboxylic acids is 1. The van der Waals surface area contributed by atoms with Crippen LogP contribution in [0.3, 0.4) is 0 Å². The standard InChI is InChI=1S/C21H21BrClFN2O3/c1-12(2)26-11-25-21-18(26)9-15(19(28)10-29-6-5-27)16(20(21)24)7-13-3-4-14(22)8-17(13)23/h3-4,8-9,11-12,27H,5-7,10H2,1-2H3. The summed E-state index contributed by atoms with van der Waals surface area (Å²) >= 11 is 9.68. The van der Waals surface area contributed by atoms with Crippen molar-refractivity contribution in [3.8, 4) is 0 Å². The van der Waals surface area contributed by atoms with Gasteiger partial charge in [-0.15, -0.1) is 0 Å². The van der Waals surface area contributed by atoms with Gasteiger partial charge in [-0.2, -0.15) is 0 Å². The molecule has 0 bridgehead atoms. The number of hydrogen-bond acceptors (Lipinski definition) is 4. The number of Topliss-reactive ketones (excluding diaryl/α,β-unsaturated/α-hetero) is 1. The fourth-order valence-electron chi connectivity index (χ4n) is 3.16. The number of halogens is 3. The number of imidazole rings is 1. The highest BCUT2D eigenvalue weighted by Gasteiger charge is 2.23. The number of rotatable bonds is 8. The van der Waals surface area contributed by atoms with E-state index in [4.69, 9.17) is 21.4 Å². The lowest BCUT2D eigenvalue weighted by molar-refractivity contribution is 0.0663. The molecule has 0 radical (unpaired) electrons. The molecule has 8 heteroatoms. The predicted octanol–water partition coefficient (Wildman–Crippen LogP) is 4.95. The number of carbonyl (C=O) groups is 1. The van der Waals surface area contributed by atoms with Gasteiger partial charge in [0.05, 0.1) is 25.1 Å². The van der Waals surface area contributed by atoms with Crippen LogP contribution in [-0.4, -0.2) is 40.3 Å². The van der Waals surface area contributed by atoms with Gasteiger partial charge in [0.25, 0.3) is 0 Å². The van der Waals surface area contributed by atoms with Crippen molar-refractivity contribution in [1.29, 1.82) is 0 Å². The molecule has 0 unspecified atom stereocenters. The third-order valence-electron chi connectivity index (χ3n) is 4.62. The SMILES string of the molecule is CC(C)n1cnc2c(F)c(Cc3ccc(Br)cc3Cl)c(C(=O)COCCO)cc21. The lowest BCUT2D eigenvalue weighted by Crippen LogP contribution is -2.15. The number of benzene rings is 2. The molecule has 0 fully saturated rings. The van der Waals surface area contributed by atoms with Gasteiger partial charge in [0.1, 0.15) is 12.1 Å². The molecule has 3 rings (SSSR count). The van der Waals surface area contributed by atoms with Crippen LogP contribution in [0.5, 0.6) is 0 Å². The minimum atomic E-state index is -0.536. The zero-order valence-electron chi connectivity index (χ0n) is 16.1. The Labute approximate surface area is 181 Å². The van der Waals surface area contributed by atoms with Crippen molar-refractivity contribution in [1.82, 2.24) is 9.55 Å². The van der Waals surface area contributed by atoms with Crippen molar-refractivity contribution in [2.75, 3.05) is 19.8 Å². The molecular weight excluding hydrogens is 463 g/mol. The zero-order chi connectivity index (χ0) is 21.1. The Bertz CT molecular complexity index is 1050. The molecule has 1 N–H and O–H groups in total. The van der Waals surface area contributed by atoms with Crippen LogP contribution < -0.4 is 0 Å². The van der Waals surface area contributed by atoms with Gasteiger partial charge in [-0.05, 0) is 37.6 Å². The molecule has 1 aromatic heterocycles. The summed E-state index contributed by atoms with van der Waals surface area (Å²) in [6.07, 6.45) is 1.72. The Hall–Kier alpha value is -1.80. The quantitative estimate of drug-likeness (QED) is 0.363. The molecule has 0 saturated carbocycles. The number of aliphatic hydroxyl groups is 1. The van der Waals surface area contributed by atoms with Crippen LogP contribution in [0.25, 0.3) is 11.0 Å². The maximum atomic E-state index is 15.5. The summed E-state index contributed by atoms with van der Waals surface area (Å²) in [6.45, 7) is 3.51. The summed E-state index contributed by atoms with van der Waals surface area (Å²) < 4.78 is 23.3. The van der Waals surface area contributed by atoms with Crippen LogP contribution in [-0.2, 0) is 11.2 Å². The highest BCUT2D eigenvalue weighted by molar-refractivity contribution is 9.10. The monoisotopic (exact) mass is 482 g/mol. The van der Waals surface area contributed by atoms with Gasteiger partial charge in [0.2, 0.25) is 0 Å². The molecule has 1 heterocycles. The molecule has 0 atom stereocenters. The van der Waals surface area contributed by atoms with Gasteiger partial charge < -0.3 is 14.4 Å². The Morgan fingerprint density at radius 2 is 2.14 bits per heavy atom. The summed E-state index contributed by atoms with van der Waals surface area (Å²) in [5, 5.41) is 9.35. The van der Waals surface area contributed by atoms with Crippen molar-refractivity contribution < 1.29 is 19.0 Å². The molecule has 2 aromatic carbocycles. The molecule has 0 spiro atoms. The zero-order valence-corrected chi connectivity index (χ0v) is 18.4. The summed E-state index contributed by atoms with van der Waals surface area (Å²) in [7, 11) is 0. The molecular formula is C21H21BrClFN2O3. The summed E-state index contributed by atoms with van der Waals surface area (Å²) in [5.74, 6) is -0.898. The normalized spacial score (nSPS) is 11.6. The van der Waals surface area contributed by atoms with Crippen LogP contribution in [0.2, 0.25) is 5.02 Å². The first kappa shape index (κ1) is 21.9. The molecule has 0 aliphatic carbocycles. The van der Waals surface area contributed by atoms with Gasteiger partial charge >= 0.3 is 0 Å². The van der Waals surface area contributed by atoms with Crippen molar-refractivity contribution in [2.45, 2.75) is 26.3 Å². The summed E-state index contributed by atoms with van der Waals surface area (Å²) in [5.41, 5.74) is 1.92. The molecule has 0 aliphatic rings. The maximum Gasteiger partial charge on any atom is 0.188 e. The van der Waals surface area contributed by atoms with Gasteiger partial charge in [0.15, 0.2) is 11.6 Å². The van der Waals surface area contributed by atoms with Crippen LogP contribution in [0.1, 0.15) is 41.4 Å². The van der Waals surface area contributed by atoms with E-state index in [0.717, 1.165) is 4.47 Å². The van der Waals surface area contributed by atoms with E-state index in [9.17, 15) is 4.79 Å². The topological polar surface area (TPSA) is 64.4 Å². The summed E-state index contributed by atoms with van der Waals surface area (Å²) in [4.78, 5) is 17.1. The van der Waals surface area contributed by atoms with E-state index < -0.39 is 5.82 Å². The van der Waals surface area contributed by atoms with E-state index in [-0.39, 0.29) is 54.7 Å². The Balaban J connectivity index is 2.13. The smallest absolute Gasteiger partial charge is 0.188 e. The largest absolute Gasteiger partial charge is 0.394 e. The second-order valence-electron chi connectivity index (χ2n) is 6.94. The minimum absolute atomic E-state index is 0.0360. The fourth-order valence-corrected chi connectivity index (χ4v) is 3.90. The Kier molecular flexibility index (Phi) is 7.05. The van der Waals surface area contributed by atoms with E-state index in [0.29, 0.717) is 16.1 Å². The number of nitrogens with zero attached hydrogens (tertiary/aromatic N) is 2. The van der Waals surface area contributed by atoms with Gasteiger partial charge in [0, 0.05) is 33.1 Å². The van der Waals surface area contributed by atoms with E-state index in [1.54, 1.807) is 24.5 Å². The number of fused-ring (bicyclic) bond motifs is 1. The highest BCUT2D eigenvalue weighted by Crippen LogP contribution is 2.31. The molecule has 3 aromatic rings. The second kappa shape index (κ2) is 9.34. The van der Waals surface area contributed by atoms with Crippen molar-refractivity contribution in [3.05, 3.63) is 62.6 Å². The Morgan fingerprint density at radius 1 is 1.38 bits per heavy atom. The number of ether oxygens (including phenoxy) is 1. The number of hydrogen-bond donors (Lipinski definition) is 1. The van der Waals surface area contributed by atoms with Gasteiger partial charge in [-0.3, -0.25) is 4.79 Å². The molecule has 154 valence electrons. The number of aliphatic hydroxyl groups excluding tert-OH is 1. The van der Waals surface area contributed by atoms with E-state index in [1.165, 1.54) is 0 Å². The first-order valence-corrected chi connectivity index (χ1v) is 10.3. The average molecular weight is 484 g/mol. The van der Waals surface area contributed by atoms with Crippen LogP contribution >= 0.6 is 27.5 Å². The number of ketones is 1. The van der Waals surface area contributed by atoms with E-state index >= 15 is 4.39 Å². The molecule has 29 heavy (non-hydrogen) atoms. The average Bonchev–Trinajstić information content (AvgIpc) is 3.10. The van der Waals surface area contributed by atoms with Crippen LogP contribution in [0.15, 0.2) is 35.1 Å². The highest BCUT2D eigenvalue weighted by atomic mass is 79.9. The Morgan fingerprint density at radius 3 is 2.79 bits per heavy atom. The molecule has 0 amide bonds. The van der Waals surface area contributed by atoms with Gasteiger partial charge in [-0.25, -0.2) is 9.37 Å². The fraction of sp³-hybridized carbons (Fsp3) is 0.333. The third kappa shape index (κ3) is 4.69. The lowest BCUT2D eigenvalue weighted by atomic mass is 9.95. The van der Waals surface area contributed by atoms with Crippen molar-refractivity contribution in [3.63, 3.8) is 0 Å².